The molecule has 2 saturated heterocycles. The smallest absolute Gasteiger partial charge is 0.248 e. The maximum Gasteiger partial charge on any atom is 0.248 e. The minimum Gasteiger partial charge on any atom is -0.360 e. The number of benzene rings is 1. The minimum atomic E-state index is -3.73. The molecule has 8 heteroatoms. The number of hydrogen-bond acceptors (Lipinski definition) is 5. The SMILES string of the molecule is Cc1noc(C)c1S(=O)(=O)N1CCCC(C(=O)N2CCCC2c2ccccc2)C1. The normalized spacial score (nSPS) is 23.4. The number of amides is 1. The molecule has 1 aromatic carbocycles. The first-order valence-corrected chi connectivity index (χ1v) is 11.6. The van der Waals surface area contributed by atoms with Gasteiger partial charge in [0.2, 0.25) is 15.9 Å². The molecule has 0 aliphatic carbocycles. The Morgan fingerprint density at radius 3 is 2.52 bits per heavy atom. The van der Waals surface area contributed by atoms with Crippen molar-refractivity contribution in [2.75, 3.05) is 19.6 Å². The summed E-state index contributed by atoms with van der Waals surface area (Å²) in [5, 5.41) is 3.78. The fraction of sp³-hybridized carbons (Fsp3) is 0.524. The van der Waals surface area contributed by atoms with Crippen molar-refractivity contribution in [2.24, 2.45) is 5.92 Å². The van der Waals surface area contributed by atoms with Crippen LogP contribution in [0.25, 0.3) is 0 Å². The summed E-state index contributed by atoms with van der Waals surface area (Å²) in [5.41, 5.74) is 1.51. The number of sulfonamides is 1. The van der Waals surface area contributed by atoms with Crippen LogP contribution in [0.1, 0.15) is 48.7 Å². The minimum absolute atomic E-state index is 0.0648. The molecule has 7 nitrogen and oxygen atoms in total. The van der Waals surface area contributed by atoms with Gasteiger partial charge in [-0.15, -0.1) is 0 Å². The van der Waals surface area contributed by atoms with E-state index in [1.165, 1.54) is 4.31 Å². The zero-order chi connectivity index (χ0) is 20.6. The Labute approximate surface area is 171 Å². The average Bonchev–Trinajstić information content (AvgIpc) is 3.35. The molecular formula is C21H27N3O4S. The largest absolute Gasteiger partial charge is 0.360 e. The van der Waals surface area contributed by atoms with E-state index < -0.39 is 10.0 Å². The van der Waals surface area contributed by atoms with Gasteiger partial charge in [-0.1, -0.05) is 35.5 Å². The van der Waals surface area contributed by atoms with Gasteiger partial charge in [0.1, 0.15) is 10.6 Å². The van der Waals surface area contributed by atoms with Crippen LogP contribution in [0.3, 0.4) is 0 Å². The number of hydrogen-bond donors (Lipinski definition) is 0. The molecule has 2 aliphatic heterocycles. The Balaban J connectivity index is 1.53. The Hall–Kier alpha value is -2.19. The van der Waals surface area contributed by atoms with Crippen molar-refractivity contribution in [1.82, 2.24) is 14.4 Å². The van der Waals surface area contributed by atoms with E-state index in [9.17, 15) is 13.2 Å². The Morgan fingerprint density at radius 2 is 1.83 bits per heavy atom. The van der Waals surface area contributed by atoms with Crippen LogP contribution in [-0.2, 0) is 14.8 Å². The number of aromatic nitrogens is 1. The molecule has 29 heavy (non-hydrogen) atoms. The second kappa shape index (κ2) is 7.91. The third-order valence-corrected chi connectivity index (χ3v) is 8.13. The monoisotopic (exact) mass is 417 g/mol. The number of piperidine rings is 1. The summed E-state index contributed by atoms with van der Waals surface area (Å²) < 4.78 is 32.8. The lowest BCUT2D eigenvalue weighted by molar-refractivity contribution is -0.137. The van der Waals surface area contributed by atoms with Crippen LogP contribution in [0.4, 0.5) is 0 Å². The van der Waals surface area contributed by atoms with E-state index in [-0.39, 0.29) is 29.3 Å². The number of carbonyl (C=O) groups excluding carboxylic acids is 1. The number of nitrogens with zero attached hydrogens (tertiary/aromatic N) is 3. The van der Waals surface area contributed by atoms with Gasteiger partial charge in [0.05, 0.1) is 12.0 Å². The summed E-state index contributed by atoms with van der Waals surface area (Å²) in [4.78, 5) is 15.4. The van der Waals surface area contributed by atoms with Gasteiger partial charge >= 0.3 is 0 Å². The van der Waals surface area contributed by atoms with Crippen molar-refractivity contribution in [3.05, 3.63) is 47.3 Å². The van der Waals surface area contributed by atoms with Gasteiger partial charge in [-0.25, -0.2) is 8.42 Å². The Kier molecular flexibility index (Phi) is 5.48. The molecule has 0 bridgehead atoms. The van der Waals surface area contributed by atoms with Crippen LogP contribution in [0, 0.1) is 19.8 Å². The summed E-state index contributed by atoms with van der Waals surface area (Å²) in [7, 11) is -3.73. The predicted molar refractivity (Wildman–Crippen MR) is 108 cm³/mol. The van der Waals surface area contributed by atoms with Crippen LogP contribution in [-0.4, -0.2) is 48.3 Å². The Morgan fingerprint density at radius 1 is 1.10 bits per heavy atom. The topological polar surface area (TPSA) is 83.7 Å². The van der Waals surface area contributed by atoms with Gasteiger partial charge in [-0.05, 0) is 45.1 Å². The van der Waals surface area contributed by atoms with E-state index >= 15 is 0 Å². The number of carbonyl (C=O) groups is 1. The highest BCUT2D eigenvalue weighted by atomic mass is 32.2. The summed E-state index contributed by atoms with van der Waals surface area (Å²) in [6, 6.07) is 10.2. The quantitative estimate of drug-likeness (QED) is 0.763. The molecule has 2 atom stereocenters. The van der Waals surface area contributed by atoms with E-state index in [0.29, 0.717) is 30.8 Å². The second-order valence-corrected chi connectivity index (χ2v) is 9.83. The fourth-order valence-electron chi connectivity index (χ4n) is 4.62. The van der Waals surface area contributed by atoms with Crippen LogP contribution < -0.4 is 0 Å². The maximum absolute atomic E-state index is 13.4. The number of likely N-dealkylation sites (tertiary alicyclic amines) is 1. The summed E-state index contributed by atoms with van der Waals surface area (Å²) in [6.07, 6.45) is 3.30. The van der Waals surface area contributed by atoms with Gasteiger partial charge in [-0.3, -0.25) is 4.79 Å². The highest BCUT2D eigenvalue weighted by molar-refractivity contribution is 7.89. The van der Waals surface area contributed by atoms with E-state index in [1.807, 2.05) is 23.1 Å². The average molecular weight is 418 g/mol. The molecule has 156 valence electrons. The molecule has 0 saturated carbocycles. The zero-order valence-electron chi connectivity index (χ0n) is 16.9. The standard InChI is InChI=1S/C21H27N3O4S/c1-15-20(16(2)28-22-15)29(26,27)23-12-6-10-18(14-23)21(25)24-13-7-11-19(24)17-8-4-3-5-9-17/h3-5,8-9,18-19H,6-7,10-14H2,1-2H3. The Bertz CT molecular complexity index is 967. The van der Waals surface area contributed by atoms with Crippen molar-refractivity contribution in [3.63, 3.8) is 0 Å². The highest BCUT2D eigenvalue weighted by Crippen LogP contribution is 2.35. The lowest BCUT2D eigenvalue weighted by Gasteiger charge is -2.35. The molecule has 1 amide bonds. The first kappa shape index (κ1) is 20.1. The molecule has 2 aromatic rings. The lowest BCUT2D eigenvalue weighted by Crippen LogP contribution is -2.46. The summed E-state index contributed by atoms with van der Waals surface area (Å²) >= 11 is 0. The first-order valence-electron chi connectivity index (χ1n) is 10.2. The van der Waals surface area contributed by atoms with Gasteiger partial charge in [0, 0.05) is 19.6 Å². The summed E-state index contributed by atoms with van der Waals surface area (Å²) in [6.45, 7) is 4.59. The molecule has 1 aromatic heterocycles. The van der Waals surface area contributed by atoms with Crippen molar-refractivity contribution < 1.29 is 17.7 Å². The molecule has 4 rings (SSSR count). The van der Waals surface area contributed by atoms with Gasteiger partial charge < -0.3 is 9.42 Å². The van der Waals surface area contributed by atoms with Gasteiger partial charge in [-0.2, -0.15) is 4.31 Å². The van der Waals surface area contributed by atoms with E-state index in [0.717, 1.165) is 24.9 Å². The van der Waals surface area contributed by atoms with E-state index in [1.54, 1.807) is 13.8 Å². The van der Waals surface area contributed by atoms with Crippen LogP contribution >= 0.6 is 0 Å². The van der Waals surface area contributed by atoms with Crippen LogP contribution in [0.15, 0.2) is 39.8 Å². The molecule has 2 unspecified atom stereocenters. The third kappa shape index (κ3) is 3.71. The molecule has 2 aliphatic rings. The predicted octanol–water partition coefficient (Wildman–Crippen LogP) is 3.06. The third-order valence-electron chi connectivity index (χ3n) is 6.02. The maximum atomic E-state index is 13.4. The molecule has 3 heterocycles. The van der Waals surface area contributed by atoms with Crippen molar-refractivity contribution >= 4 is 15.9 Å². The summed E-state index contributed by atoms with van der Waals surface area (Å²) in [5.74, 6) is 0.0398. The van der Waals surface area contributed by atoms with E-state index in [2.05, 4.69) is 17.3 Å². The molecule has 0 N–H and O–H groups in total. The zero-order valence-corrected chi connectivity index (χ0v) is 17.7. The first-order chi connectivity index (χ1) is 13.9. The number of aryl methyl sites for hydroxylation is 2. The van der Waals surface area contributed by atoms with Crippen LogP contribution in [0.5, 0.6) is 0 Å². The van der Waals surface area contributed by atoms with Gasteiger partial charge in [0.25, 0.3) is 0 Å². The molecule has 0 radical (unpaired) electrons. The molecular weight excluding hydrogens is 390 g/mol. The van der Waals surface area contributed by atoms with Gasteiger partial charge in [0.15, 0.2) is 5.76 Å². The molecule has 0 spiro atoms. The van der Waals surface area contributed by atoms with E-state index in [4.69, 9.17) is 4.52 Å². The lowest BCUT2D eigenvalue weighted by atomic mass is 9.96. The van der Waals surface area contributed by atoms with Crippen molar-refractivity contribution in [3.8, 4) is 0 Å². The number of rotatable bonds is 4. The second-order valence-electron chi connectivity index (χ2n) is 7.96. The van der Waals surface area contributed by atoms with Crippen molar-refractivity contribution in [2.45, 2.75) is 50.5 Å². The highest BCUT2D eigenvalue weighted by Gasteiger charge is 2.40. The fourth-order valence-corrected chi connectivity index (χ4v) is 6.44. The van der Waals surface area contributed by atoms with Crippen LogP contribution in [0.2, 0.25) is 0 Å². The molecule has 2 fully saturated rings. The van der Waals surface area contributed by atoms with Crippen molar-refractivity contribution in [1.29, 1.82) is 0 Å².